The minimum Gasteiger partial charge on any atom is -0.390 e. The predicted molar refractivity (Wildman–Crippen MR) is 94.8 cm³/mol. The van der Waals surface area contributed by atoms with Gasteiger partial charge in [-0.05, 0) is 43.6 Å². The summed E-state index contributed by atoms with van der Waals surface area (Å²) in [6, 6.07) is 10.5. The lowest BCUT2D eigenvalue weighted by Gasteiger charge is -2.35. The highest BCUT2D eigenvalue weighted by molar-refractivity contribution is 5.28. The highest BCUT2D eigenvalue weighted by Crippen LogP contribution is 2.34. The van der Waals surface area contributed by atoms with Crippen LogP contribution in [0.3, 0.4) is 0 Å². The number of hydrogen-bond acceptors (Lipinski definition) is 1. The lowest BCUT2D eigenvalue weighted by atomic mass is 9.75. The van der Waals surface area contributed by atoms with Gasteiger partial charge in [-0.1, -0.05) is 80.1 Å². The van der Waals surface area contributed by atoms with Crippen molar-refractivity contribution in [1.29, 1.82) is 0 Å². The zero-order valence-electron chi connectivity index (χ0n) is 13.8. The van der Waals surface area contributed by atoms with Crippen molar-refractivity contribution < 1.29 is 5.11 Å². The maximum Gasteiger partial charge on any atom is 0.0676 e. The Hall–Kier alpha value is -1.60. The molecule has 0 spiro atoms. The molecule has 1 aromatic carbocycles. The molecule has 1 aromatic rings. The van der Waals surface area contributed by atoms with Crippen LogP contribution in [0.25, 0.3) is 0 Å². The molecule has 2 rings (SSSR count). The second kappa shape index (κ2) is 8.14. The zero-order valence-corrected chi connectivity index (χ0v) is 13.8. The molecule has 0 bridgehead atoms. The Bertz CT molecular complexity index is 532. The van der Waals surface area contributed by atoms with E-state index in [4.69, 9.17) is 0 Å². The molecule has 1 unspecified atom stereocenters. The minimum atomic E-state index is -0.593. The molecule has 0 radical (unpaired) electrons. The predicted octanol–water partition coefficient (Wildman–Crippen LogP) is 5.23. The maximum atomic E-state index is 11.1. The Kier molecular flexibility index (Phi) is 6.21. The van der Waals surface area contributed by atoms with Crippen LogP contribution >= 0.6 is 0 Å². The van der Waals surface area contributed by atoms with E-state index in [-0.39, 0.29) is 5.92 Å². The third-order valence-corrected chi connectivity index (χ3v) is 4.87. The first-order valence-corrected chi connectivity index (χ1v) is 8.46. The molecule has 1 atom stereocenters. The van der Waals surface area contributed by atoms with Gasteiger partial charge >= 0.3 is 0 Å². The molecule has 0 amide bonds. The fraction of sp³-hybridized carbons (Fsp3) is 0.429. The molecule has 1 heteroatoms. The van der Waals surface area contributed by atoms with E-state index < -0.39 is 5.60 Å². The van der Waals surface area contributed by atoms with Gasteiger partial charge < -0.3 is 5.11 Å². The van der Waals surface area contributed by atoms with E-state index in [1.165, 1.54) is 11.1 Å². The average Bonchev–Trinajstić information content (AvgIpc) is 2.83. The standard InChI is InChI=1S/C21H28O/c1-3-21(22,4-2)20(17-19-14-10-7-11-15-19)16-18-12-8-5-6-9-13-18/h5-8,10-15,20,22H,3-4,9,16-17H2,1-2H3. The molecule has 22 heavy (non-hydrogen) atoms. The van der Waals surface area contributed by atoms with E-state index in [0.29, 0.717) is 0 Å². The van der Waals surface area contributed by atoms with Gasteiger partial charge in [0.2, 0.25) is 0 Å². The molecule has 0 heterocycles. The first kappa shape index (κ1) is 16.8. The van der Waals surface area contributed by atoms with Gasteiger partial charge in [-0.25, -0.2) is 0 Å². The SMILES string of the molecule is CCC(O)(CC)C(CC1=CCC=CC=C1)Cc1ccccc1. The van der Waals surface area contributed by atoms with Gasteiger partial charge in [0.1, 0.15) is 0 Å². The fourth-order valence-corrected chi connectivity index (χ4v) is 3.24. The summed E-state index contributed by atoms with van der Waals surface area (Å²) in [6.07, 6.45) is 15.3. The molecule has 1 aliphatic carbocycles. The molecule has 0 saturated heterocycles. The van der Waals surface area contributed by atoms with Gasteiger partial charge in [0.05, 0.1) is 5.60 Å². The first-order valence-electron chi connectivity index (χ1n) is 8.46. The van der Waals surface area contributed by atoms with Crippen LogP contribution in [0.15, 0.2) is 66.3 Å². The van der Waals surface area contributed by atoms with E-state index in [9.17, 15) is 5.11 Å². The highest BCUT2D eigenvalue weighted by Gasteiger charge is 2.33. The molecule has 0 fully saturated rings. The lowest BCUT2D eigenvalue weighted by Crippen LogP contribution is -2.38. The number of rotatable bonds is 7. The Morgan fingerprint density at radius 2 is 1.77 bits per heavy atom. The van der Waals surface area contributed by atoms with Crippen molar-refractivity contribution in [2.45, 2.75) is 51.6 Å². The smallest absolute Gasteiger partial charge is 0.0676 e. The lowest BCUT2D eigenvalue weighted by molar-refractivity contribution is -0.0256. The molecule has 118 valence electrons. The summed E-state index contributed by atoms with van der Waals surface area (Å²) in [5.74, 6) is 0.249. The number of allylic oxidation sites excluding steroid dienone is 6. The average molecular weight is 296 g/mol. The molecule has 0 aliphatic heterocycles. The van der Waals surface area contributed by atoms with Crippen molar-refractivity contribution in [1.82, 2.24) is 0 Å². The van der Waals surface area contributed by atoms with Crippen molar-refractivity contribution in [3.8, 4) is 0 Å². The first-order chi connectivity index (χ1) is 10.7. The van der Waals surface area contributed by atoms with Crippen LogP contribution in [0.5, 0.6) is 0 Å². The van der Waals surface area contributed by atoms with Crippen molar-refractivity contribution in [2.75, 3.05) is 0 Å². The van der Waals surface area contributed by atoms with Crippen LogP contribution in [-0.4, -0.2) is 10.7 Å². The summed E-state index contributed by atoms with van der Waals surface area (Å²) in [7, 11) is 0. The second-order valence-electron chi connectivity index (χ2n) is 6.20. The van der Waals surface area contributed by atoms with Gasteiger partial charge in [0, 0.05) is 0 Å². The van der Waals surface area contributed by atoms with E-state index in [2.05, 4.69) is 68.5 Å². The topological polar surface area (TPSA) is 20.2 Å². The Morgan fingerprint density at radius 1 is 1.05 bits per heavy atom. The molecule has 1 nitrogen and oxygen atoms in total. The van der Waals surface area contributed by atoms with Gasteiger partial charge in [0.25, 0.3) is 0 Å². The van der Waals surface area contributed by atoms with E-state index in [1.807, 2.05) is 6.07 Å². The van der Waals surface area contributed by atoms with Crippen molar-refractivity contribution in [3.05, 3.63) is 71.8 Å². The molecular formula is C21H28O. The number of hydrogen-bond donors (Lipinski definition) is 1. The molecular weight excluding hydrogens is 268 g/mol. The Labute approximate surface area is 135 Å². The maximum absolute atomic E-state index is 11.1. The third kappa shape index (κ3) is 4.45. The molecule has 0 aromatic heterocycles. The summed E-state index contributed by atoms with van der Waals surface area (Å²) in [4.78, 5) is 0. The van der Waals surface area contributed by atoms with Crippen LogP contribution in [0, 0.1) is 5.92 Å². The Morgan fingerprint density at radius 3 is 2.45 bits per heavy atom. The van der Waals surface area contributed by atoms with Gasteiger partial charge in [-0.15, -0.1) is 0 Å². The largest absolute Gasteiger partial charge is 0.390 e. The summed E-state index contributed by atoms with van der Waals surface area (Å²) >= 11 is 0. The van der Waals surface area contributed by atoms with Crippen LogP contribution in [0.1, 0.15) is 45.1 Å². The van der Waals surface area contributed by atoms with Crippen molar-refractivity contribution in [3.63, 3.8) is 0 Å². The number of benzene rings is 1. The zero-order chi connectivity index (χ0) is 15.8. The number of aliphatic hydroxyl groups is 1. The van der Waals surface area contributed by atoms with Crippen LogP contribution in [0.2, 0.25) is 0 Å². The highest BCUT2D eigenvalue weighted by atomic mass is 16.3. The van der Waals surface area contributed by atoms with Gasteiger partial charge in [-0.2, -0.15) is 0 Å². The summed E-state index contributed by atoms with van der Waals surface area (Å²) < 4.78 is 0. The molecule has 1 aliphatic rings. The molecule has 0 saturated carbocycles. The van der Waals surface area contributed by atoms with Gasteiger partial charge in [0.15, 0.2) is 0 Å². The van der Waals surface area contributed by atoms with E-state index in [0.717, 1.165) is 32.1 Å². The van der Waals surface area contributed by atoms with Crippen molar-refractivity contribution >= 4 is 0 Å². The van der Waals surface area contributed by atoms with Gasteiger partial charge in [-0.3, -0.25) is 0 Å². The quantitative estimate of drug-likeness (QED) is 0.730. The van der Waals surface area contributed by atoms with Crippen LogP contribution < -0.4 is 0 Å². The summed E-state index contributed by atoms with van der Waals surface area (Å²) in [5, 5.41) is 11.1. The van der Waals surface area contributed by atoms with Crippen molar-refractivity contribution in [2.24, 2.45) is 5.92 Å². The van der Waals surface area contributed by atoms with E-state index in [1.54, 1.807) is 0 Å². The monoisotopic (exact) mass is 296 g/mol. The summed E-state index contributed by atoms with van der Waals surface area (Å²) in [5.41, 5.74) is 2.06. The van der Waals surface area contributed by atoms with Crippen LogP contribution in [-0.2, 0) is 6.42 Å². The Balaban J connectivity index is 2.19. The normalized spacial score (nSPS) is 16.2. The van der Waals surface area contributed by atoms with Crippen LogP contribution in [0.4, 0.5) is 0 Å². The van der Waals surface area contributed by atoms with E-state index >= 15 is 0 Å². The fourth-order valence-electron chi connectivity index (χ4n) is 3.24. The minimum absolute atomic E-state index is 0.249. The second-order valence-corrected chi connectivity index (χ2v) is 6.20. The molecule has 1 N–H and O–H groups in total. The third-order valence-electron chi connectivity index (χ3n) is 4.87. The summed E-state index contributed by atoms with van der Waals surface area (Å²) in [6.45, 7) is 4.20.